The first-order valence-electron chi connectivity index (χ1n) is 20.9. The van der Waals surface area contributed by atoms with Gasteiger partial charge in [0.15, 0.2) is 34.5 Å². The second-order valence-electron chi connectivity index (χ2n) is 15.0. The first-order valence-corrected chi connectivity index (χ1v) is 20.9. The van der Waals surface area contributed by atoms with Gasteiger partial charge in [0.25, 0.3) is 11.8 Å². The molecule has 0 N–H and O–H groups in total. The molecule has 3 aliphatic heterocycles. The number of benzene rings is 3. The number of carbonyl (C=O) groups excluding carboxylic acids is 3. The molecule has 3 amide bonds. The fraction of sp³-hybridized carbons (Fsp3) is 0.478. The van der Waals surface area contributed by atoms with E-state index in [0.717, 1.165) is 69.9 Å². The molecule has 0 spiro atoms. The van der Waals surface area contributed by atoms with Gasteiger partial charge in [0, 0.05) is 56.6 Å². The Hall–Kier alpha value is -5.92. The number of amides is 3. The van der Waals surface area contributed by atoms with E-state index in [-0.39, 0.29) is 23.8 Å². The van der Waals surface area contributed by atoms with Gasteiger partial charge in [0.2, 0.25) is 11.7 Å². The van der Waals surface area contributed by atoms with Crippen molar-refractivity contribution in [2.24, 2.45) is 4.99 Å². The minimum Gasteiger partial charge on any atom is -0.493 e. The van der Waals surface area contributed by atoms with E-state index < -0.39 is 0 Å². The molecular formula is C46H58N4O10. The Bertz CT molecular complexity index is 2000. The van der Waals surface area contributed by atoms with Gasteiger partial charge in [-0.25, -0.2) is 0 Å². The number of unbranched alkanes of at least 4 members (excludes halogenated alkanes) is 6. The Morgan fingerprint density at radius 1 is 0.667 bits per heavy atom. The summed E-state index contributed by atoms with van der Waals surface area (Å²) in [7, 11) is 7.73. The van der Waals surface area contributed by atoms with Crippen LogP contribution < -0.4 is 33.2 Å². The monoisotopic (exact) mass is 826 g/mol. The van der Waals surface area contributed by atoms with Crippen LogP contribution in [0.4, 0.5) is 5.69 Å². The summed E-state index contributed by atoms with van der Waals surface area (Å²) >= 11 is 0. The van der Waals surface area contributed by atoms with Crippen molar-refractivity contribution in [1.82, 2.24) is 14.7 Å². The third-order valence-electron chi connectivity index (χ3n) is 11.2. The lowest BCUT2D eigenvalue weighted by atomic mass is 10.1. The molecule has 1 atom stereocenters. The largest absolute Gasteiger partial charge is 0.493 e. The van der Waals surface area contributed by atoms with Crippen molar-refractivity contribution >= 4 is 35.7 Å². The zero-order valence-electron chi connectivity index (χ0n) is 35.5. The molecule has 322 valence electrons. The number of ether oxygens (including phenoxy) is 7. The van der Waals surface area contributed by atoms with Crippen molar-refractivity contribution in [2.75, 3.05) is 81.5 Å². The summed E-state index contributed by atoms with van der Waals surface area (Å²) in [5, 5.41) is 0. The molecule has 3 aliphatic rings. The molecule has 0 aliphatic carbocycles. The quantitative estimate of drug-likeness (QED) is 0.0847. The minimum absolute atomic E-state index is 0.00577. The fourth-order valence-corrected chi connectivity index (χ4v) is 7.77. The number of hydrogen-bond donors (Lipinski definition) is 0. The van der Waals surface area contributed by atoms with Crippen LogP contribution in [0.3, 0.4) is 0 Å². The molecule has 0 aromatic heterocycles. The molecule has 14 nitrogen and oxygen atoms in total. The molecule has 2 saturated heterocycles. The van der Waals surface area contributed by atoms with Gasteiger partial charge in [-0.2, -0.15) is 0 Å². The predicted octanol–water partition coefficient (Wildman–Crippen LogP) is 7.24. The second-order valence-corrected chi connectivity index (χ2v) is 15.0. The van der Waals surface area contributed by atoms with Crippen LogP contribution in [-0.4, -0.2) is 126 Å². The molecule has 3 aromatic rings. The number of aliphatic imine (C=N–C) groups is 1. The number of nitrogens with zero attached hydrogens (tertiary/aromatic N) is 4. The molecule has 2 fully saturated rings. The SMILES string of the molecule is COc1cc(C=CC(=O)N2CCN(C(=O)c3cc(OC)c(OC)c(OC)c3)CC2)ccc1OCCCCCCCCCOc1cc2c(cc1OC)C(=O)N1CCC[C@H]1C=N2. The molecule has 6 rings (SSSR count). The molecule has 0 unspecified atom stereocenters. The lowest BCUT2D eigenvalue weighted by Gasteiger charge is -2.34. The average Bonchev–Trinajstić information content (AvgIpc) is 3.72. The second kappa shape index (κ2) is 21.4. The van der Waals surface area contributed by atoms with Crippen molar-refractivity contribution in [3.8, 4) is 40.2 Å². The number of methoxy groups -OCH3 is 5. The van der Waals surface area contributed by atoms with Gasteiger partial charge in [-0.05, 0) is 67.7 Å². The van der Waals surface area contributed by atoms with E-state index in [9.17, 15) is 14.4 Å². The van der Waals surface area contributed by atoms with Crippen LogP contribution in [0.1, 0.15) is 84.1 Å². The highest BCUT2D eigenvalue weighted by Crippen LogP contribution is 2.40. The number of carbonyl (C=O) groups is 3. The van der Waals surface area contributed by atoms with Gasteiger partial charge in [-0.1, -0.05) is 38.2 Å². The zero-order valence-corrected chi connectivity index (χ0v) is 35.5. The summed E-state index contributed by atoms with van der Waals surface area (Å²) in [5.41, 5.74) is 2.45. The van der Waals surface area contributed by atoms with Gasteiger partial charge >= 0.3 is 0 Å². The maximum Gasteiger partial charge on any atom is 0.256 e. The molecule has 0 radical (unpaired) electrons. The topological polar surface area (TPSA) is 138 Å². The average molecular weight is 827 g/mol. The van der Waals surface area contributed by atoms with Gasteiger partial charge in [0.05, 0.1) is 66.1 Å². The fourth-order valence-electron chi connectivity index (χ4n) is 7.77. The number of fused-ring (bicyclic) bond motifs is 2. The van der Waals surface area contributed by atoms with E-state index in [0.29, 0.717) is 96.5 Å². The Labute approximate surface area is 353 Å². The van der Waals surface area contributed by atoms with E-state index in [4.69, 9.17) is 33.2 Å². The van der Waals surface area contributed by atoms with Crippen LogP contribution in [0.5, 0.6) is 40.2 Å². The predicted molar refractivity (Wildman–Crippen MR) is 229 cm³/mol. The highest BCUT2D eigenvalue weighted by Gasteiger charge is 2.33. The first-order chi connectivity index (χ1) is 29.3. The maximum absolute atomic E-state index is 13.3. The van der Waals surface area contributed by atoms with E-state index in [1.165, 1.54) is 21.3 Å². The standard InChI is InChI=1S/C46H58N4O10/c1-54-38-26-32(16-18-43(51)48-20-22-49(23-21-48)45(52)33-27-41(56-3)44(58-5)42(28-33)57-4)15-17-37(38)59-24-11-9-7-6-8-10-12-25-60-40-30-36-35(29-39(40)55-2)46(53)50-19-13-14-34(50)31-47-36/h15-18,26-31,34H,6-14,19-25H2,1-5H3/t34-/m0/s1. The number of hydrogen-bond acceptors (Lipinski definition) is 11. The third kappa shape index (κ3) is 10.6. The van der Waals surface area contributed by atoms with Crippen LogP contribution in [0.15, 0.2) is 53.5 Å². The van der Waals surface area contributed by atoms with Crippen LogP contribution in [0.25, 0.3) is 6.08 Å². The van der Waals surface area contributed by atoms with Crippen molar-refractivity contribution in [3.05, 3.63) is 65.2 Å². The summed E-state index contributed by atoms with van der Waals surface area (Å²) in [6, 6.07) is 12.6. The van der Waals surface area contributed by atoms with Gasteiger partial charge < -0.3 is 47.9 Å². The Morgan fingerprint density at radius 2 is 1.27 bits per heavy atom. The molecule has 3 heterocycles. The van der Waals surface area contributed by atoms with Gasteiger partial charge in [-0.15, -0.1) is 0 Å². The first kappa shape index (κ1) is 43.7. The van der Waals surface area contributed by atoms with Crippen molar-refractivity contribution in [1.29, 1.82) is 0 Å². The summed E-state index contributed by atoms with van der Waals surface area (Å²) in [6.07, 6.45) is 14.5. The maximum atomic E-state index is 13.3. The summed E-state index contributed by atoms with van der Waals surface area (Å²) in [4.78, 5) is 49.4. The van der Waals surface area contributed by atoms with Crippen LogP contribution >= 0.6 is 0 Å². The van der Waals surface area contributed by atoms with E-state index in [1.54, 1.807) is 54.4 Å². The molecule has 0 bridgehead atoms. The molecule has 3 aromatic carbocycles. The van der Waals surface area contributed by atoms with E-state index >= 15 is 0 Å². The minimum atomic E-state index is -0.169. The number of rotatable bonds is 20. The van der Waals surface area contributed by atoms with Crippen molar-refractivity contribution < 1.29 is 47.5 Å². The zero-order chi connectivity index (χ0) is 42.4. The summed E-state index contributed by atoms with van der Waals surface area (Å²) < 4.78 is 39.5. The van der Waals surface area contributed by atoms with Crippen molar-refractivity contribution in [3.63, 3.8) is 0 Å². The highest BCUT2D eigenvalue weighted by atomic mass is 16.5. The number of piperazine rings is 1. The Morgan fingerprint density at radius 3 is 1.90 bits per heavy atom. The molecule has 60 heavy (non-hydrogen) atoms. The lowest BCUT2D eigenvalue weighted by molar-refractivity contribution is -0.127. The lowest BCUT2D eigenvalue weighted by Crippen LogP contribution is -2.50. The van der Waals surface area contributed by atoms with E-state index in [1.807, 2.05) is 35.4 Å². The summed E-state index contributed by atoms with van der Waals surface area (Å²) in [6.45, 7) is 3.55. The van der Waals surface area contributed by atoms with Gasteiger partial charge in [0.1, 0.15) is 0 Å². The van der Waals surface area contributed by atoms with Crippen LogP contribution in [0, 0.1) is 0 Å². The third-order valence-corrected chi connectivity index (χ3v) is 11.2. The molecule has 0 saturated carbocycles. The normalized spacial score (nSPS) is 16.0. The Balaban J connectivity index is 0.855. The van der Waals surface area contributed by atoms with Crippen LogP contribution in [-0.2, 0) is 4.79 Å². The molecular weight excluding hydrogens is 769 g/mol. The highest BCUT2D eigenvalue weighted by molar-refractivity contribution is 6.03. The Kier molecular flexibility index (Phi) is 15.5. The molecule has 14 heteroatoms. The summed E-state index contributed by atoms with van der Waals surface area (Å²) in [5.74, 6) is 3.40. The smallest absolute Gasteiger partial charge is 0.256 e. The van der Waals surface area contributed by atoms with Crippen LogP contribution in [0.2, 0.25) is 0 Å². The van der Waals surface area contributed by atoms with Crippen molar-refractivity contribution in [2.45, 2.75) is 63.8 Å². The van der Waals surface area contributed by atoms with Gasteiger partial charge in [-0.3, -0.25) is 19.4 Å². The van der Waals surface area contributed by atoms with E-state index in [2.05, 4.69) is 4.99 Å².